The number of phenolic OH excluding ortho intramolecular Hbond substituents is 1. The van der Waals surface area contributed by atoms with Gasteiger partial charge in [-0.25, -0.2) is 0 Å². The number of aryl methyl sites for hydroxylation is 2. The maximum Gasteiger partial charge on any atom is 0.168 e. The van der Waals surface area contributed by atoms with Crippen molar-refractivity contribution in [1.29, 1.82) is 0 Å². The molecule has 0 saturated heterocycles. The number of fused-ring (bicyclic) bond motifs is 2. The van der Waals surface area contributed by atoms with E-state index in [-0.39, 0.29) is 0 Å². The van der Waals surface area contributed by atoms with E-state index in [1.165, 1.54) is 47.9 Å². The normalized spacial score (nSPS) is 16.1. The lowest BCUT2D eigenvalue weighted by Gasteiger charge is -2.27. The van der Waals surface area contributed by atoms with Gasteiger partial charge in [-0.3, -0.25) is 0 Å². The highest BCUT2D eigenvalue weighted by Gasteiger charge is 2.27. The number of ether oxygens (including phenoxy) is 2. The van der Waals surface area contributed by atoms with E-state index in [1.54, 1.807) is 14.2 Å². The van der Waals surface area contributed by atoms with Crippen LogP contribution in [0.4, 0.5) is 0 Å². The van der Waals surface area contributed by atoms with Crippen molar-refractivity contribution in [3.05, 3.63) is 40.5 Å². The van der Waals surface area contributed by atoms with Crippen LogP contribution in [0.25, 0.3) is 11.1 Å². The van der Waals surface area contributed by atoms with Crippen LogP contribution >= 0.6 is 0 Å². The molecule has 0 fully saturated rings. The fourth-order valence-corrected chi connectivity index (χ4v) is 4.57. The third-order valence-electron chi connectivity index (χ3n) is 5.75. The summed E-state index contributed by atoms with van der Waals surface area (Å²) in [4.78, 5) is 0. The summed E-state index contributed by atoms with van der Waals surface area (Å²) in [6.45, 7) is 0. The molecule has 0 saturated carbocycles. The number of methoxy groups -OCH3 is 2. The largest absolute Gasteiger partial charge is 0.507 e. The average Bonchev–Trinajstić information content (AvgIpc) is 2.66. The van der Waals surface area contributed by atoms with Gasteiger partial charge in [0, 0.05) is 11.1 Å². The summed E-state index contributed by atoms with van der Waals surface area (Å²) in [7, 11) is 3.39. The molecule has 0 heterocycles. The van der Waals surface area contributed by atoms with Crippen LogP contribution in [0.2, 0.25) is 0 Å². The predicted molar refractivity (Wildman–Crippen MR) is 99.9 cm³/mol. The van der Waals surface area contributed by atoms with Crippen molar-refractivity contribution in [3.8, 4) is 28.4 Å². The van der Waals surface area contributed by atoms with Crippen LogP contribution in [-0.2, 0) is 25.7 Å². The number of aromatic hydroxyl groups is 1. The first-order chi connectivity index (χ1) is 12.2. The molecule has 0 spiro atoms. The first-order valence-corrected chi connectivity index (χ1v) is 9.35. The molecule has 132 valence electrons. The highest BCUT2D eigenvalue weighted by atomic mass is 16.5. The monoisotopic (exact) mass is 338 g/mol. The molecule has 0 aliphatic heterocycles. The Hall–Kier alpha value is -2.16. The number of phenols is 1. The summed E-state index contributed by atoms with van der Waals surface area (Å²) < 4.78 is 11.4. The molecule has 2 aromatic rings. The molecular formula is C22H26O3. The first kappa shape index (κ1) is 16.3. The maximum atomic E-state index is 10.8. The summed E-state index contributed by atoms with van der Waals surface area (Å²) in [6, 6.07) is 6.07. The third kappa shape index (κ3) is 2.66. The average molecular weight is 338 g/mol. The Morgan fingerprint density at radius 3 is 2.08 bits per heavy atom. The van der Waals surface area contributed by atoms with E-state index >= 15 is 0 Å². The molecular weight excluding hydrogens is 312 g/mol. The van der Waals surface area contributed by atoms with Crippen molar-refractivity contribution in [2.24, 2.45) is 0 Å². The lowest BCUT2D eigenvalue weighted by atomic mass is 9.80. The van der Waals surface area contributed by atoms with Gasteiger partial charge in [0.05, 0.1) is 14.2 Å². The molecule has 0 atom stereocenters. The molecule has 2 aliphatic carbocycles. The molecule has 0 bridgehead atoms. The Morgan fingerprint density at radius 2 is 1.40 bits per heavy atom. The van der Waals surface area contributed by atoms with Crippen LogP contribution < -0.4 is 9.47 Å². The molecule has 0 amide bonds. The lowest BCUT2D eigenvalue weighted by molar-refractivity contribution is 0.354. The van der Waals surface area contributed by atoms with Crippen molar-refractivity contribution >= 4 is 0 Å². The second kappa shape index (κ2) is 6.62. The Morgan fingerprint density at radius 1 is 0.760 bits per heavy atom. The fraction of sp³-hybridized carbons (Fsp3) is 0.455. The van der Waals surface area contributed by atoms with E-state index in [1.807, 2.05) is 6.07 Å². The van der Waals surface area contributed by atoms with Gasteiger partial charge in [0.15, 0.2) is 11.5 Å². The van der Waals surface area contributed by atoms with Crippen LogP contribution in [0.3, 0.4) is 0 Å². The van der Waals surface area contributed by atoms with Crippen LogP contribution in [0.5, 0.6) is 17.2 Å². The molecule has 0 radical (unpaired) electrons. The van der Waals surface area contributed by atoms with Crippen LogP contribution in [0.15, 0.2) is 18.2 Å². The number of rotatable bonds is 3. The van der Waals surface area contributed by atoms with Gasteiger partial charge in [-0.15, -0.1) is 0 Å². The fourth-order valence-electron chi connectivity index (χ4n) is 4.57. The maximum absolute atomic E-state index is 10.8. The third-order valence-corrected chi connectivity index (χ3v) is 5.75. The van der Waals surface area contributed by atoms with Gasteiger partial charge in [-0.1, -0.05) is 6.07 Å². The SMILES string of the molecule is COc1cc2c(c(-c3c(O)ccc4c3CCCC4)c1OC)CCCC2. The molecule has 2 aliphatic rings. The zero-order valence-corrected chi connectivity index (χ0v) is 15.2. The second-order valence-corrected chi connectivity index (χ2v) is 7.14. The highest BCUT2D eigenvalue weighted by Crippen LogP contribution is 2.49. The highest BCUT2D eigenvalue weighted by molar-refractivity contribution is 5.85. The van der Waals surface area contributed by atoms with Gasteiger partial charge >= 0.3 is 0 Å². The molecule has 3 heteroatoms. The summed E-state index contributed by atoms with van der Waals surface area (Å²) in [5.74, 6) is 1.89. The number of benzene rings is 2. The van der Waals surface area contributed by atoms with Crippen molar-refractivity contribution in [3.63, 3.8) is 0 Å². The van der Waals surface area contributed by atoms with Gasteiger partial charge in [-0.05, 0) is 85.8 Å². The number of hydrogen-bond donors (Lipinski definition) is 1. The molecule has 0 unspecified atom stereocenters. The first-order valence-electron chi connectivity index (χ1n) is 9.35. The number of hydrogen-bond acceptors (Lipinski definition) is 3. The van der Waals surface area contributed by atoms with Gasteiger partial charge in [0.25, 0.3) is 0 Å². The summed E-state index contributed by atoms with van der Waals surface area (Å²) in [5.41, 5.74) is 7.38. The smallest absolute Gasteiger partial charge is 0.168 e. The van der Waals surface area contributed by atoms with Crippen LogP contribution in [0.1, 0.15) is 47.9 Å². The summed E-state index contributed by atoms with van der Waals surface area (Å²) in [5, 5.41) is 10.8. The van der Waals surface area contributed by atoms with Crippen molar-refractivity contribution in [1.82, 2.24) is 0 Å². The zero-order chi connectivity index (χ0) is 17.4. The standard InChI is InChI=1S/C22H26O3/c1-24-19-13-15-8-4-6-10-17(15)21(22(19)25-2)20-16-9-5-3-7-14(16)11-12-18(20)23/h11-13,23H,3-10H2,1-2H3. The molecule has 1 N–H and O–H groups in total. The van der Waals surface area contributed by atoms with Crippen molar-refractivity contribution in [2.75, 3.05) is 14.2 Å². The Bertz CT molecular complexity index is 793. The van der Waals surface area contributed by atoms with Crippen molar-refractivity contribution in [2.45, 2.75) is 51.4 Å². The van der Waals surface area contributed by atoms with E-state index in [0.29, 0.717) is 5.75 Å². The van der Waals surface area contributed by atoms with Crippen molar-refractivity contribution < 1.29 is 14.6 Å². The topological polar surface area (TPSA) is 38.7 Å². The second-order valence-electron chi connectivity index (χ2n) is 7.14. The molecule has 3 nitrogen and oxygen atoms in total. The van der Waals surface area contributed by atoms with E-state index in [9.17, 15) is 5.11 Å². The Kier molecular flexibility index (Phi) is 4.32. The summed E-state index contributed by atoms with van der Waals surface area (Å²) in [6.07, 6.45) is 9.02. The molecule has 25 heavy (non-hydrogen) atoms. The van der Waals surface area contributed by atoms with E-state index in [0.717, 1.165) is 48.3 Å². The minimum absolute atomic E-state index is 0.361. The van der Waals surface area contributed by atoms with Gasteiger partial charge in [0.1, 0.15) is 5.75 Å². The Balaban J connectivity index is 2.06. The van der Waals surface area contributed by atoms with Gasteiger partial charge < -0.3 is 14.6 Å². The molecule has 2 aromatic carbocycles. The summed E-state index contributed by atoms with van der Waals surface area (Å²) >= 11 is 0. The van der Waals surface area contributed by atoms with E-state index in [2.05, 4.69) is 12.1 Å². The lowest BCUT2D eigenvalue weighted by Crippen LogP contribution is -2.10. The Labute approximate surface area is 149 Å². The van der Waals surface area contributed by atoms with E-state index in [4.69, 9.17) is 9.47 Å². The molecule has 4 rings (SSSR count). The van der Waals surface area contributed by atoms with Crippen LogP contribution in [-0.4, -0.2) is 19.3 Å². The quantitative estimate of drug-likeness (QED) is 0.871. The van der Waals surface area contributed by atoms with E-state index < -0.39 is 0 Å². The predicted octanol–water partition coefficient (Wildman–Crippen LogP) is 4.83. The minimum atomic E-state index is 0.361. The van der Waals surface area contributed by atoms with Crippen LogP contribution in [0, 0.1) is 0 Å². The minimum Gasteiger partial charge on any atom is -0.507 e. The molecule has 0 aromatic heterocycles. The van der Waals surface area contributed by atoms with Gasteiger partial charge in [0.2, 0.25) is 0 Å². The zero-order valence-electron chi connectivity index (χ0n) is 15.2. The van der Waals surface area contributed by atoms with Gasteiger partial charge in [-0.2, -0.15) is 0 Å².